The first-order chi connectivity index (χ1) is 8.41. The van der Waals surface area contributed by atoms with Gasteiger partial charge in [0.25, 0.3) is 0 Å². The average Bonchev–Trinajstić information content (AvgIpc) is 2.35. The molecule has 17 heavy (non-hydrogen) atoms. The molecule has 0 aromatic heterocycles. The molecule has 0 aliphatic rings. The predicted octanol–water partition coefficient (Wildman–Crippen LogP) is 4.65. The van der Waals surface area contributed by atoms with Gasteiger partial charge in [-0.1, -0.05) is 51.9 Å². The van der Waals surface area contributed by atoms with Crippen molar-refractivity contribution in [2.75, 3.05) is 6.54 Å². The lowest BCUT2D eigenvalue weighted by Gasteiger charge is -1.99. The highest BCUT2D eigenvalue weighted by atomic mass is 14.5. The summed E-state index contributed by atoms with van der Waals surface area (Å²) < 4.78 is 0. The Morgan fingerprint density at radius 3 is 1.65 bits per heavy atom. The van der Waals surface area contributed by atoms with Crippen molar-refractivity contribution in [1.29, 1.82) is 0 Å². The van der Waals surface area contributed by atoms with Gasteiger partial charge in [-0.05, 0) is 25.8 Å². The SMILES string of the molecule is CCCCCCCCCCC#CCCCCN. The molecule has 0 aromatic carbocycles. The molecule has 0 saturated carbocycles. The van der Waals surface area contributed by atoms with Crippen LogP contribution in [0, 0.1) is 11.8 Å². The lowest BCUT2D eigenvalue weighted by Crippen LogP contribution is -1.96. The van der Waals surface area contributed by atoms with Crippen LogP contribution in [-0.2, 0) is 0 Å². The lowest BCUT2D eigenvalue weighted by atomic mass is 10.1. The molecule has 0 aliphatic carbocycles. The third-order valence-electron chi connectivity index (χ3n) is 3.04. The van der Waals surface area contributed by atoms with E-state index < -0.39 is 0 Å². The second-order valence-corrected chi connectivity index (χ2v) is 4.82. The molecule has 0 rings (SSSR count). The summed E-state index contributed by atoms with van der Waals surface area (Å²) in [6.45, 7) is 3.08. The second-order valence-electron chi connectivity index (χ2n) is 4.82. The van der Waals surface area contributed by atoms with E-state index in [1.165, 1.54) is 57.8 Å². The Hall–Kier alpha value is -0.480. The van der Waals surface area contributed by atoms with E-state index in [1.807, 2.05) is 0 Å². The number of nitrogens with two attached hydrogens (primary N) is 1. The average molecular weight is 237 g/mol. The van der Waals surface area contributed by atoms with Crippen molar-refractivity contribution < 1.29 is 0 Å². The fourth-order valence-corrected chi connectivity index (χ4v) is 1.88. The van der Waals surface area contributed by atoms with Crippen molar-refractivity contribution in [2.45, 2.75) is 84.0 Å². The fraction of sp³-hybridized carbons (Fsp3) is 0.875. The highest BCUT2D eigenvalue weighted by molar-refractivity contribution is 4.98. The van der Waals surface area contributed by atoms with E-state index in [0.717, 1.165) is 25.8 Å². The van der Waals surface area contributed by atoms with Gasteiger partial charge >= 0.3 is 0 Å². The van der Waals surface area contributed by atoms with E-state index in [0.29, 0.717) is 0 Å². The van der Waals surface area contributed by atoms with E-state index in [1.54, 1.807) is 0 Å². The summed E-state index contributed by atoms with van der Waals surface area (Å²) in [4.78, 5) is 0. The molecule has 100 valence electrons. The minimum absolute atomic E-state index is 0.805. The van der Waals surface area contributed by atoms with Gasteiger partial charge in [0.15, 0.2) is 0 Å². The van der Waals surface area contributed by atoms with Crippen LogP contribution in [0.5, 0.6) is 0 Å². The van der Waals surface area contributed by atoms with E-state index in [9.17, 15) is 0 Å². The summed E-state index contributed by atoms with van der Waals surface area (Å²) in [5.74, 6) is 6.50. The van der Waals surface area contributed by atoms with Crippen molar-refractivity contribution in [3.05, 3.63) is 0 Å². The molecule has 1 heteroatoms. The van der Waals surface area contributed by atoms with Crippen molar-refractivity contribution in [3.8, 4) is 11.8 Å². The molecule has 2 N–H and O–H groups in total. The quantitative estimate of drug-likeness (QED) is 0.411. The number of hydrogen-bond acceptors (Lipinski definition) is 1. The van der Waals surface area contributed by atoms with Gasteiger partial charge in [-0.2, -0.15) is 0 Å². The second kappa shape index (κ2) is 15.5. The van der Waals surface area contributed by atoms with E-state index in [2.05, 4.69) is 18.8 Å². The molecule has 0 aliphatic heterocycles. The molecular weight excluding hydrogens is 206 g/mol. The van der Waals surface area contributed by atoms with E-state index in [-0.39, 0.29) is 0 Å². The Bertz CT molecular complexity index is 187. The van der Waals surface area contributed by atoms with Gasteiger partial charge in [0, 0.05) is 12.8 Å². The normalized spacial score (nSPS) is 10.0. The Morgan fingerprint density at radius 2 is 1.12 bits per heavy atom. The molecule has 0 unspecified atom stereocenters. The summed E-state index contributed by atoms with van der Waals surface area (Å²) >= 11 is 0. The molecule has 0 fully saturated rings. The zero-order valence-electron chi connectivity index (χ0n) is 11.8. The first-order valence-electron chi connectivity index (χ1n) is 7.57. The molecule has 0 heterocycles. The maximum atomic E-state index is 5.42. The van der Waals surface area contributed by atoms with Gasteiger partial charge in [0.05, 0.1) is 0 Å². The monoisotopic (exact) mass is 237 g/mol. The van der Waals surface area contributed by atoms with Gasteiger partial charge in [-0.15, -0.1) is 11.8 Å². The Labute approximate surface area is 109 Å². The van der Waals surface area contributed by atoms with E-state index >= 15 is 0 Å². The lowest BCUT2D eigenvalue weighted by molar-refractivity contribution is 0.579. The third kappa shape index (κ3) is 15.5. The summed E-state index contributed by atoms with van der Waals surface area (Å²) in [5.41, 5.74) is 5.42. The summed E-state index contributed by atoms with van der Waals surface area (Å²) in [6, 6.07) is 0. The van der Waals surface area contributed by atoms with Crippen LogP contribution in [0.25, 0.3) is 0 Å². The van der Waals surface area contributed by atoms with Crippen molar-refractivity contribution in [1.82, 2.24) is 0 Å². The Morgan fingerprint density at radius 1 is 0.647 bits per heavy atom. The first-order valence-corrected chi connectivity index (χ1v) is 7.57. The standard InChI is InChI=1S/C16H31N/c1-2-3-4-5-6-7-8-9-10-11-12-13-14-15-16-17/h2-10,13-17H2,1H3. The minimum Gasteiger partial charge on any atom is -0.330 e. The number of unbranched alkanes of at least 4 members (excludes halogenated alkanes) is 10. The van der Waals surface area contributed by atoms with Crippen LogP contribution in [0.4, 0.5) is 0 Å². The molecule has 1 nitrogen and oxygen atoms in total. The van der Waals surface area contributed by atoms with Crippen LogP contribution in [0.3, 0.4) is 0 Å². The molecular formula is C16H31N. The molecule has 0 radical (unpaired) electrons. The maximum absolute atomic E-state index is 5.42. The topological polar surface area (TPSA) is 26.0 Å². The molecule has 0 spiro atoms. The van der Waals surface area contributed by atoms with Crippen molar-refractivity contribution in [2.24, 2.45) is 5.73 Å². The molecule has 0 atom stereocenters. The smallest absolute Gasteiger partial charge is 0.00891 e. The zero-order valence-corrected chi connectivity index (χ0v) is 11.8. The highest BCUT2D eigenvalue weighted by Gasteiger charge is 1.90. The minimum atomic E-state index is 0.805. The summed E-state index contributed by atoms with van der Waals surface area (Å²) in [7, 11) is 0. The van der Waals surface area contributed by atoms with Gasteiger partial charge in [0.1, 0.15) is 0 Å². The number of rotatable bonds is 11. The van der Waals surface area contributed by atoms with Crippen LogP contribution < -0.4 is 5.73 Å². The van der Waals surface area contributed by atoms with Gasteiger partial charge in [-0.25, -0.2) is 0 Å². The summed E-state index contributed by atoms with van der Waals surface area (Å²) in [6.07, 6.45) is 15.5. The van der Waals surface area contributed by atoms with Crippen LogP contribution in [-0.4, -0.2) is 6.54 Å². The van der Waals surface area contributed by atoms with Crippen LogP contribution >= 0.6 is 0 Å². The van der Waals surface area contributed by atoms with Gasteiger partial charge in [-0.3, -0.25) is 0 Å². The molecule has 0 saturated heterocycles. The van der Waals surface area contributed by atoms with Crippen molar-refractivity contribution >= 4 is 0 Å². The van der Waals surface area contributed by atoms with Gasteiger partial charge in [0.2, 0.25) is 0 Å². The van der Waals surface area contributed by atoms with Gasteiger partial charge < -0.3 is 5.73 Å². The number of hydrogen-bond donors (Lipinski definition) is 1. The molecule has 0 bridgehead atoms. The largest absolute Gasteiger partial charge is 0.330 e. The molecule has 0 amide bonds. The van der Waals surface area contributed by atoms with Crippen LogP contribution in [0.15, 0.2) is 0 Å². The molecule has 0 aromatic rings. The summed E-state index contributed by atoms with van der Waals surface area (Å²) in [5, 5.41) is 0. The van der Waals surface area contributed by atoms with E-state index in [4.69, 9.17) is 5.73 Å². The highest BCUT2D eigenvalue weighted by Crippen LogP contribution is 2.09. The predicted molar refractivity (Wildman–Crippen MR) is 77.9 cm³/mol. The zero-order chi connectivity index (χ0) is 12.6. The Balaban J connectivity index is 3.02. The fourth-order valence-electron chi connectivity index (χ4n) is 1.88. The maximum Gasteiger partial charge on any atom is 0.00891 e. The van der Waals surface area contributed by atoms with Crippen molar-refractivity contribution in [3.63, 3.8) is 0 Å². The Kier molecular flexibility index (Phi) is 15.1. The van der Waals surface area contributed by atoms with Crippen LogP contribution in [0.2, 0.25) is 0 Å². The van der Waals surface area contributed by atoms with Crippen LogP contribution in [0.1, 0.15) is 84.0 Å². The first kappa shape index (κ1) is 16.5. The third-order valence-corrected chi connectivity index (χ3v) is 3.04.